The minimum atomic E-state index is -1.63. The molecule has 0 saturated heterocycles. The molecule has 0 heterocycles. The van der Waals surface area contributed by atoms with E-state index in [2.05, 4.69) is 0 Å². The van der Waals surface area contributed by atoms with Crippen LogP contribution in [0, 0.1) is 11.6 Å². The van der Waals surface area contributed by atoms with Gasteiger partial charge in [-0.2, -0.15) is 0 Å². The highest BCUT2D eigenvalue weighted by atomic mass is 19.1. The summed E-state index contributed by atoms with van der Waals surface area (Å²) in [6.45, 7) is -0.0533. The molecule has 1 amide bonds. The number of carboxylic acids is 1. The number of carbonyl (C=O) groups is 2. The summed E-state index contributed by atoms with van der Waals surface area (Å²) in [5, 5.41) is 9.32. The summed E-state index contributed by atoms with van der Waals surface area (Å²) in [6.07, 6.45) is -0.935. The van der Waals surface area contributed by atoms with Crippen molar-refractivity contribution in [2.75, 3.05) is 7.05 Å². The predicted octanol–water partition coefficient (Wildman–Crippen LogP) is 3.36. The minimum absolute atomic E-state index is 0.0533. The maximum atomic E-state index is 13.9. The largest absolute Gasteiger partial charge is 0.479 e. The van der Waals surface area contributed by atoms with Crippen molar-refractivity contribution < 1.29 is 28.2 Å². The van der Waals surface area contributed by atoms with E-state index in [1.54, 1.807) is 30.3 Å². The molecule has 0 aromatic heterocycles. The van der Waals surface area contributed by atoms with Crippen molar-refractivity contribution in [2.24, 2.45) is 0 Å². The van der Waals surface area contributed by atoms with Gasteiger partial charge in [0.25, 0.3) is 0 Å². The third kappa shape index (κ3) is 4.07. The zero-order valence-corrected chi connectivity index (χ0v) is 12.8. The average molecular weight is 335 g/mol. The van der Waals surface area contributed by atoms with Gasteiger partial charge in [-0.3, -0.25) is 4.90 Å². The van der Waals surface area contributed by atoms with Crippen LogP contribution < -0.4 is 0 Å². The van der Waals surface area contributed by atoms with E-state index in [0.717, 1.165) is 22.6 Å². The van der Waals surface area contributed by atoms with Gasteiger partial charge in [0.05, 0.1) is 0 Å². The highest BCUT2D eigenvalue weighted by Crippen LogP contribution is 2.24. The maximum absolute atomic E-state index is 13.9. The molecule has 1 atom stereocenters. The molecular weight excluding hydrogens is 320 g/mol. The van der Waals surface area contributed by atoms with Crippen LogP contribution in [0.15, 0.2) is 48.5 Å². The lowest BCUT2D eigenvalue weighted by molar-refractivity contribution is -0.142. The number of halogens is 2. The fraction of sp³-hybridized carbons (Fsp3) is 0.176. The van der Waals surface area contributed by atoms with E-state index in [0.29, 0.717) is 6.07 Å². The first kappa shape index (κ1) is 17.4. The number of benzene rings is 2. The Kier molecular flexibility index (Phi) is 5.47. The number of carbonyl (C=O) groups excluding carboxylic acids is 1. The summed E-state index contributed by atoms with van der Waals surface area (Å²) in [7, 11) is 1.18. The molecule has 24 heavy (non-hydrogen) atoms. The summed E-state index contributed by atoms with van der Waals surface area (Å²) < 4.78 is 31.9. The quantitative estimate of drug-likeness (QED) is 0.910. The van der Waals surface area contributed by atoms with Gasteiger partial charge in [0, 0.05) is 18.7 Å². The van der Waals surface area contributed by atoms with Gasteiger partial charge in [-0.05, 0) is 11.6 Å². The van der Waals surface area contributed by atoms with E-state index in [9.17, 15) is 23.5 Å². The topological polar surface area (TPSA) is 66.8 Å². The molecule has 5 nitrogen and oxygen atoms in total. The maximum Gasteiger partial charge on any atom is 0.410 e. The van der Waals surface area contributed by atoms with Crippen LogP contribution in [0.2, 0.25) is 0 Å². The zero-order valence-electron chi connectivity index (χ0n) is 12.8. The molecule has 0 aliphatic heterocycles. The van der Waals surface area contributed by atoms with Gasteiger partial charge < -0.3 is 9.84 Å². The number of hydrogen-bond donors (Lipinski definition) is 1. The minimum Gasteiger partial charge on any atom is -0.479 e. The zero-order chi connectivity index (χ0) is 17.7. The summed E-state index contributed by atoms with van der Waals surface area (Å²) in [4.78, 5) is 24.3. The average Bonchev–Trinajstić information content (AvgIpc) is 2.55. The number of ether oxygens (including phenoxy) is 1. The smallest absolute Gasteiger partial charge is 0.410 e. The standard InChI is InChI=1S/C17H15F2NO4/c1-20(17(23)24-10-11-5-3-2-4-6-11)15(16(21)22)13-8-7-12(18)9-14(13)19/h2-9,15H,10H2,1H3,(H,21,22). The van der Waals surface area contributed by atoms with E-state index in [1.165, 1.54) is 7.05 Å². The van der Waals surface area contributed by atoms with E-state index in [4.69, 9.17) is 4.74 Å². The molecule has 2 aromatic carbocycles. The Morgan fingerprint density at radius 2 is 1.83 bits per heavy atom. The first-order valence-electron chi connectivity index (χ1n) is 7.01. The van der Waals surface area contributed by atoms with E-state index in [1.807, 2.05) is 0 Å². The van der Waals surface area contributed by atoms with Crippen molar-refractivity contribution in [1.82, 2.24) is 4.90 Å². The number of rotatable bonds is 5. The molecule has 0 aliphatic rings. The molecule has 0 spiro atoms. The van der Waals surface area contributed by atoms with Crippen LogP contribution in [-0.4, -0.2) is 29.1 Å². The van der Waals surface area contributed by atoms with Gasteiger partial charge in [0.2, 0.25) is 0 Å². The molecule has 2 aromatic rings. The first-order chi connectivity index (χ1) is 11.4. The molecule has 7 heteroatoms. The number of likely N-dealkylation sites (N-methyl/N-ethyl adjacent to an activating group) is 1. The molecule has 2 rings (SSSR count). The van der Waals surface area contributed by atoms with E-state index < -0.39 is 29.7 Å². The van der Waals surface area contributed by atoms with Crippen molar-refractivity contribution in [3.63, 3.8) is 0 Å². The van der Waals surface area contributed by atoms with Gasteiger partial charge in [-0.1, -0.05) is 36.4 Å². The summed E-state index contributed by atoms with van der Waals surface area (Å²) in [5.74, 6) is -3.35. The van der Waals surface area contributed by atoms with E-state index >= 15 is 0 Å². The van der Waals surface area contributed by atoms with Crippen LogP contribution in [0.5, 0.6) is 0 Å². The second kappa shape index (κ2) is 7.54. The normalized spacial score (nSPS) is 11.6. The van der Waals surface area contributed by atoms with Gasteiger partial charge >= 0.3 is 12.1 Å². The highest BCUT2D eigenvalue weighted by molar-refractivity contribution is 5.81. The van der Waals surface area contributed by atoms with Crippen LogP contribution in [0.25, 0.3) is 0 Å². The van der Waals surface area contributed by atoms with Gasteiger partial charge in [0.1, 0.15) is 18.2 Å². The first-order valence-corrected chi connectivity index (χ1v) is 7.01. The molecule has 1 N–H and O–H groups in total. The summed E-state index contributed by atoms with van der Waals surface area (Å²) in [6, 6.07) is 9.66. The fourth-order valence-corrected chi connectivity index (χ4v) is 2.16. The van der Waals surface area contributed by atoms with Crippen LogP contribution in [0.4, 0.5) is 13.6 Å². The number of nitrogens with zero attached hydrogens (tertiary/aromatic N) is 1. The highest BCUT2D eigenvalue weighted by Gasteiger charge is 2.31. The molecule has 126 valence electrons. The van der Waals surface area contributed by atoms with Crippen LogP contribution in [0.1, 0.15) is 17.2 Å². The monoisotopic (exact) mass is 335 g/mol. The Morgan fingerprint density at radius 1 is 1.17 bits per heavy atom. The van der Waals surface area contributed by atoms with Gasteiger partial charge in [-0.25, -0.2) is 18.4 Å². The van der Waals surface area contributed by atoms with Crippen LogP contribution in [0.3, 0.4) is 0 Å². The SMILES string of the molecule is CN(C(=O)OCc1ccccc1)C(C(=O)O)c1ccc(F)cc1F. The molecule has 0 bridgehead atoms. The second-order valence-corrected chi connectivity index (χ2v) is 5.06. The Bertz CT molecular complexity index is 737. The van der Waals surface area contributed by atoms with Gasteiger partial charge in [0.15, 0.2) is 6.04 Å². The van der Waals surface area contributed by atoms with E-state index in [-0.39, 0.29) is 12.2 Å². The number of carboxylic acid groups (broad SMARTS) is 1. The van der Waals surface area contributed by atoms with Crippen molar-refractivity contribution >= 4 is 12.1 Å². The lowest BCUT2D eigenvalue weighted by atomic mass is 10.1. The number of hydrogen-bond acceptors (Lipinski definition) is 3. The van der Waals surface area contributed by atoms with Crippen molar-refractivity contribution in [3.8, 4) is 0 Å². The van der Waals surface area contributed by atoms with Crippen LogP contribution >= 0.6 is 0 Å². The second-order valence-electron chi connectivity index (χ2n) is 5.06. The molecule has 0 saturated carbocycles. The number of aliphatic carboxylic acids is 1. The molecule has 1 unspecified atom stereocenters. The molecule has 0 radical (unpaired) electrons. The lowest BCUT2D eigenvalue weighted by Crippen LogP contribution is -2.36. The number of amides is 1. The Hall–Kier alpha value is -2.96. The summed E-state index contributed by atoms with van der Waals surface area (Å²) >= 11 is 0. The van der Waals surface area contributed by atoms with Crippen molar-refractivity contribution in [1.29, 1.82) is 0 Å². The van der Waals surface area contributed by atoms with Crippen molar-refractivity contribution in [3.05, 3.63) is 71.3 Å². The molecule has 0 aliphatic carbocycles. The fourth-order valence-electron chi connectivity index (χ4n) is 2.16. The Labute approximate surface area is 137 Å². The Balaban J connectivity index is 2.15. The van der Waals surface area contributed by atoms with Crippen molar-refractivity contribution in [2.45, 2.75) is 12.6 Å². The van der Waals surface area contributed by atoms with Gasteiger partial charge in [-0.15, -0.1) is 0 Å². The van der Waals surface area contributed by atoms with Crippen LogP contribution in [-0.2, 0) is 16.1 Å². The summed E-state index contributed by atoms with van der Waals surface area (Å²) in [5.41, 5.74) is 0.391. The third-order valence-electron chi connectivity index (χ3n) is 3.37. The third-order valence-corrected chi connectivity index (χ3v) is 3.37. The molecular formula is C17H15F2NO4. The Morgan fingerprint density at radius 3 is 2.42 bits per heavy atom. The predicted molar refractivity (Wildman–Crippen MR) is 81.1 cm³/mol. The molecule has 0 fully saturated rings. The lowest BCUT2D eigenvalue weighted by Gasteiger charge is -2.24.